The van der Waals surface area contributed by atoms with Crippen LogP contribution in [-0.2, 0) is 0 Å². The maximum Gasteiger partial charge on any atom is 0.193 e. The summed E-state index contributed by atoms with van der Waals surface area (Å²) in [5.74, 6) is 0.0318. The standard InChI is InChI=1S/C4H4Cl6/c5-2-3(6,7)1-4(8,9)10/h1-2H2. The zero-order valence-electron chi connectivity index (χ0n) is 4.68. The van der Waals surface area contributed by atoms with E-state index < -0.39 is 8.13 Å². The Morgan fingerprint density at radius 1 is 0.900 bits per heavy atom. The van der Waals surface area contributed by atoms with Crippen molar-refractivity contribution in [2.45, 2.75) is 14.5 Å². The molecule has 0 nitrogen and oxygen atoms in total. The molecule has 10 heavy (non-hydrogen) atoms. The molecule has 0 spiro atoms. The van der Waals surface area contributed by atoms with E-state index in [-0.39, 0.29) is 12.3 Å². The Balaban J connectivity index is 3.89. The average molecular weight is 265 g/mol. The van der Waals surface area contributed by atoms with E-state index in [0.29, 0.717) is 0 Å². The van der Waals surface area contributed by atoms with Crippen LogP contribution in [0.3, 0.4) is 0 Å². The summed E-state index contributed by atoms with van der Waals surface area (Å²) in [4.78, 5) is 0. The molecule has 0 saturated carbocycles. The van der Waals surface area contributed by atoms with Gasteiger partial charge in [-0.3, -0.25) is 0 Å². The second-order valence-corrected chi connectivity index (χ2v) is 6.21. The summed E-state index contributed by atoms with van der Waals surface area (Å²) >= 11 is 32.7. The molecule has 0 unspecified atom stereocenters. The number of hydrogen-bond donors (Lipinski definition) is 0. The Labute approximate surface area is 89.7 Å². The Bertz CT molecular complexity index is 103. The molecular formula is C4H4Cl6. The van der Waals surface area contributed by atoms with Gasteiger partial charge >= 0.3 is 0 Å². The Morgan fingerprint density at radius 2 is 1.30 bits per heavy atom. The first-order valence-corrected chi connectivity index (χ1v) is 4.70. The minimum absolute atomic E-state index is 0.0112. The molecule has 0 aliphatic rings. The predicted octanol–water partition coefficient (Wildman–Crippen LogP) is 4.16. The molecule has 0 aliphatic heterocycles. The van der Waals surface area contributed by atoms with Crippen LogP contribution >= 0.6 is 69.6 Å². The van der Waals surface area contributed by atoms with Gasteiger partial charge in [0.2, 0.25) is 0 Å². The maximum atomic E-state index is 5.59. The predicted molar refractivity (Wildman–Crippen MR) is 50.1 cm³/mol. The summed E-state index contributed by atoms with van der Waals surface area (Å²) in [6, 6.07) is 0. The van der Waals surface area contributed by atoms with Gasteiger partial charge in [0.15, 0.2) is 3.79 Å². The summed E-state index contributed by atoms with van der Waals surface area (Å²) in [7, 11) is 0. The lowest BCUT2D eigenvalue weighted by Crippen LogP contribution is -2.22. The number of alkyl halides is 6. The van der Waals surface area contributed by atoms with Crippen molar-refractivity contribution in [3.63, 3.8) is 0 Å². The first-order valence-electron chi connectivity index (χ1n) is 2.27. The van der Waals surface area contributed by atoms with Gasteiger partial charge in [0.25, 0.3) is 0 Å². The van der Waals surface area contributed by atoms with Crippen LogP contribution in [0, 0.1) is 0 Å². The second-order valence-electron chi connectivity index (χ2n) is 1.78. The fourth-order valence-electron chi connectivity index (χ4n) is 0.341. The summed E-state index contributed by atoms with van der Waals surface area (Å²) < 4.78 is -2.61. The second kappa shape index (κ2) is 4.11. The van der Waals surface area contributed by atoms with Gasteiger partial charge in [-0.15, -0.1) is 34.8 Å². The van der Waals surface area contributed by atoms with Crippen molar-refractivity contribution >= 4 is 69.6 Å². The topological polar surface area (TPSA) is 0 Å². The molecule has 0 amide bonds. The molecular weight excluding hydrogens is 261 g/mol. The van der Waals surface area contributed by atoms with Gasteiger partial charge in [0, 0.05) is 6.42 Å². The van der Waals surface area contributed by atoms with E-state index in [1.54, 1.807) is 0 Å². The van der Waals surface area contributed by atoms with Gasteiger partial charge in [-0.1, -0.05) is 34.8 Å². The van der Waals surface area contributed by atoms with Crippen LogP contribution < -0.4 is 0 Å². The Morgan fingerprint density at radius 3 is 1.40 bits per heavy atom. The largest absolute Gasteiger partial charge is 0.193 e. The molecule has 0 atom stereocenters. The lowest BCUT2D eigenvalue weighted by atomic mass is 10.3. The van der Waals surface area contributed by atoms with Crippen molar-refractivity contribution in [1.82, 2.24) is 0 Å². The van der Waals surface area contributed by atoms with E-state index in [0.717, 1.165) is 0 Å². The summed E-state index contributed by atoms with van der Waals surface area (Å²) in [6.07, 6.45) is 0.0112. The minimum atomic E-state index is -1.45. The molecule has 0 heterocycles. The quantitative estimate of drug-likeness (QED) is 0.657. The van der Waals surface area contributed by atoms with E-state index in [1.165, 1.54) is 0 Å². The first-order chi connectivity index (χ1) is 4.27. The molecule has 0 bridgehead atoms. The van der Waals surface area contributed by atoms with Crippen molar-refractivity contribution in [2.75, 3.05) is 5.88 Å². The van der Waals surface area contributed by atoms with Gasteiger partial charge in [-0.2, -0.15) is 0 Å². The lowest BCUT2D eigenvalue weighted by Gasteiger charge is -2.20. The highest BCUT2D eigenvalue weighted by atomic mass is 35.6. The van der Waals surface area contributed by atoms with E-state index in [4.69, 9.17) is 69.6 Å². The smallest absolute Gasteiger partial charge is 0.123 e. The van der Waals surface area contributed by atoms with Gasteiger partial charge < -0.3 is 0 Å². The molecule has 0 aromatic heterocycles. The molecule has 0 saturated heterocycles. The van der Waals surface area contributed by atoms with Gasteiger partial charge in [0.05, 0.1) is 5.88 Å². The Kier molecular flexibility index (Phi) is 4.83. The molecule has 0 radical (unpaired) electrons. The van der Waals surface area contributed by atoms with E-state index in [9.17, 15) is 0 Å². The first kappa shape index (κ1) is 11.7. The lowest BCUT2D eigenvalue weighted by molar-refractivity contribution is 0.775. The number of rotatable bonds is 2. The van der Waals surface area contributed by atoms with Crippen molar-refractivity contribution in [3.8, 4) is 0 Å². The van der Waals surface area contributed by atoms with Crippen LogP contribution in [0.15, 0.2) is 0 Å². The summed E-state index contributed by atoms with van der Waals surface area (Å²) in [6.45, 7) is 0. The van der Waals surface area contributed by atoms with Crippen LogP contribution in [0.2, 0.25) is 0 Å². The third kappa shape index (κ3) is 6.45. The maximum absolute atomic E-state index is 5.59. The zero-order chi connectivity index (χ0) is 8.41. The van der Waals surface area contributed by atoms with Crippen molar-refractivity contribution in [2.24, 2.45) is 0 Å². The van der Waals surface area contributed by atoms with Gasteiger partial charge in [0.1, 0.15) is 4.33 Å². The van der Waals surface area contributed by atoms with Crippen molar-refractivity contribution in [3.05, 3.63) is 0 Å². The summed E-state index contributed by atoms with van der Waals surface area (Å²) in [5.41, 5.74) is 0. The van der Waals surface area contributed by atoms with E-state index in [2.05, 4.69) is 0 Å². The molecule has 0 rings (SSSR count). The minimum Gasteiger partial charge on any atom is -0.123 e. The van der Waals surface area contributed by atoms with Crippen LogP contribution in [0.25, 0.3) is 0 Å². The Hall–Kier alpha value is 1.74. The highest BCUT2D eigenvalue weighted by Gasteiger charge is 2.34. The SMILES string of the molecule is ClCC(Cl)(Cl)CC(Cl)(Cl)Cl. The zero-order valence-corrected chi connectivity index (χ0v) is 9.22. The monoisotopic (exact) mass is 262 g/mol. The number of hydrogen-bond acceptors (Lipinski definition) is 0. The van der Waals surface area contributed by atoms with Gasteiger partial charge in [-0.05, 0) is 0 Å². The highest BCUT2D eigenvalue weighted by molar-refractivity contribution is 6.68. The third-order valence-corrected chi connectivity index (χ3v) is 2.32. The van der Waals surface area contributed by atoms with Gasteiger partial charge in [-0.25, -0.2) is 0 Å². The normalized spacial score (nSPS) is 13.8. The summed E-state index contributed by atoms with van der Waals surface area (Å²) in [5, 5.41) is 0. The van der Waals surface area contributed by atoms with Crippen molar-refractivity contribution < 1.29 is 0 Å². The molecule has 0 aliphatic carbocycles. The number of halogens is 6. The molecule has 62 valence electrons. The van der Waals surface area contributed by atoms with Crippen LogP contribution in [0.1, 0.15) is 6.42 Å². The average Bonchev–Trinajstić information content (AvgIpc) is 1.60. The van der Waals surface area contributed by atoms with Crippen LogP contribution in [0.4, 0.5) is 0 Å². The van der Waals surface area contributed by atoms with Crippen molar-refractivity contribution in [1.29, 1.82) is 0 Å². The van der Waals surface area contributed by atoms with Crippen LogP contribution in [0.5, 0.6) is 0 Å². The molecule has 0 aromatic rings. The molecule has 0 aromatic carbocycles. The molecule has 6 heteroatoms. The fourth-order valence-corrected chi connectivity index (χ4v) is 1.93. The van der Waals surface area contributed by atoms with E-state index >= 15 is 0 Å². The highest BCUT2D eigenvalue weighted by Crippen LogP contribution is 2.40. The third-order valence-electron chi connectivity index (χ3n) is 0.655. The molecule has 0 N–H and O–H groups in total. The fraction of sp³-hybridized carbons (Fsp3) is 1.00. The molecule has 0 fully saturated rings. The van der Waals surface area contributed by atoms with Crippen LogP contribution in [-0.4, -0.2) is 14.0 Å². The van der Waals surface area contributed by atoms with E-state index in [1.807, 2.05) is 0 Å².